The van der Waals surface area contributed by atoms with Crippen LogP contribution in [0.2, 0.25) is 0 Å². The average molecular weight is 292 g/mol. The fourth-order valence-electron chi connectivity index (χ4n) is 2.02. The fourth-order valence-corrected chi connectivity index (χ4v) is 2.02. The number of benzene rings is 1. The van der Waals surface area contributed by atoms with Gasteiger partial charge in [0.2, 0.25) is 5.91 Å². The van der Waals surface area contributed by atoms with Crippen LogP contribution in [0.1, 0.15) is 38.1 Å². The van der Waals surface area contributed by atoms with E-state index >= 15 is 0 Å². The van der Waals surface area contributed by atoms with Crippen LogP contribution in [-0.2, 0) is 4.79 Å². The quantitative estimate of drug-likeness (QED) is 0.753. The van der Waals surface area contributed by atoms with Gasteiger partial charge in [-0.2, -0.15) is 0 Å². The molecule has 0 unspecified atom stereocenters. The van der Waals surface area contributed by atoms with E-state index in [2.05, 4.69) is 5.32 Å². The molecule has 1 rings (SSSR count). The maximum atomic E-state index is 12.0. The number of nitrogens with one attached hydrogen (secondary N) is 1. The molecule has 0 saturated carbocycles. The summed E-state index contributed by atoms with van der Waals surface area (Å²) >= 11 is 0. The number of likely N-dealkylation sites (N-methyl/N-ethyl adjacent to an activating group) is 1. The second-order valence-corrected chi connectivity index (χ2v) is 5.80. The molecule has 0 aliphatic carbocycles. The van der Waals surface area contributed by atoms with Gasteiger partial charge in [0.15, 0.2) is 5.78 Å². The number of carbonyl (C=O) groups excluding carboxylic acids is 2. The number of ketones is 1. The zero-order chi connectivity index (χ0) is 16.0. The van der Waals surface area contributed by atoms with Crippen LogP contribution in [-0.4, -0.2) is 46.9 Å². The zero-order valence-corrected chi connectivity index (χ0v) is 13.1. The molecule has 1 amide bonds. The Morgan fingerprint density at radius 3 is 2.24 bits per heavy atom. The fraction of sp³-hybridized carbons (Fsp3) is 0.500. The minimum atomic E-state index is -0.834. The lowest BCUT2D eigenvalue weighted by Crippen LogP contribution is -2.42. The van der Waals surface area contributed by atoms with Gasteiger partial charge in [-0.3, -0.25) is 14.5 Å². The van der Waals surface area contributed by atoms with Crippen LogP contribution in [0.5, 0.6) is 0 Å². The summed E-state index contributed by atoms with van der Waals surface area (Å²) in [5.41, 5.74) is 0.439. The first-order valence-electron chi connectivity index (χ1n) is 7.07. The largest absolute Gasteiger partial charge is 0.389 e. The van der Waals surface area contributed by atoms with Gasteiger partial charge < -0.3 is 10.4 Å². The van der Waals surface area contributed by atoms with Gasteiger partial charge in [-0.05, 0) is 51.6 Å². The lowest BCUT2D eigenvalue weighted by molar-refractivity contribution is -0.117. The first kappa shape index (κ1) is 17.3. The molecule has 21 heavy (non-hydrogen) atoms. The maximum absolute atomic E-state index is 12.0. The lowest BCUT2D eigenvalue weighted by Gasteiger charge is -2.27. The highest BCUT2D eigenvalue weighted by atomic mass is 16.3. The Kier molecular flexibility index (Phi) is 6.05. The van der Waals surface area contributed by atoms with Gasteiger partial charge in [0, 0.05) is 17.8 Å². The van der Waals surface area contributed by atoms with E-state index in [1.165, 1.54) is 6.92 Å². The molecule has 0 bridgehead atoms. The van der Waals surface area contributed by atoms with Gasteiger partial charge in [-0.15, -0.1) is 0 Å². The zero-order valence-electron chi connectivity index (χ0n) is 13.1. The molecule has 0 aromatic heterocycles. The number of aliphatic hydroxyl groups is 1. The van der Waals surface area contributed by atoms with E-state index in [1.54, 1.807) is 38.1 Å². The molecule has 0 atom stereocenters. The molecule has 1 aromatic rings. The highest BCUT2D eigenvalue weighted by molar-refractivity contribution is 5.96. The van der Waals surface area contributed by atoms with Crippen molar-refractivity contribution in [1.82, 2.24) is 4.90 Å². The molecule has 5 nitrogen and oxygen atoms in total. The van der Waals surface area contributed by atoms with E-state index in [9.17, 15) is 14.7 Å². The molecule has 0 aliphatic rings. The van der Waals surface area contributed by atoms with Crippen LogP contribution in [0.15, 0.2) is 24.3 Å². The molecule has 0 heterocycles. The number of nitrogens with zero attached hydrogens (tertiary/aromatic N) is 1. The molecule has 0 radical (unpaired) electrons. The molecule has 1 aromatic carbocycles. The second-order valence-electron chi connectivity index (χ2n) is 5.80. The maximum Gasteiger partial charge on any atom is 0.238 e. The first-order valence-corrected chi connectivity index (χ1v) is 7.07. The van der Waals surface area contributed by atoms with Crippen LogP contribution < -0.4 is 5.32 Å². The van der Waals surface area contributed by atoms with Crippen molar-refractivity contribution < 1.29 is 14.7 Å². The topological polar surface area (TPSA) is 69.6 Å². The molecular formula is C16H24N2O3. The van der Waals surface area contributed by atoms with E-state index in [0.29, 0.717) is 24.3 Å². The summed E-state index contributed by atoms with van der Waals surface area (Å²) < 4.78 is 0. The van der Waals surface area contributed by atoms with E-state index < -0.39 is 5.60 Å². The summed E-state index contributed by atoms with van der Waals surface area (Å²) in [6.07, 6.45) is 0. The molecule has 0 aliphatic heterocycles. The second kappa shape index (κ2) is 7.33. The number of hydrogen-bond acceptors (Lipinski definition) is 4. The summed E-state index contributed by atoms with van der Waals surface area (Å²) in [4.78, 5) is 25.0. The van der Waals surface area contributed by atoms with Crippen LogP contribution in [0, 0.1) is 0 Å². The smallest absolute Gasteiger partial charge is 0.238 e. The van der Waals surface area contributed by atoms with Gasteiger partial charge in [-0.25, -0.2) is 0 Å². The molecule has 0 fully saturated rings. The number of Topliss-reactive ketones (excluding diaryl/α,β-unsaturated/α-hetero) is 1. The van der Waals surface area contributed by atoms with Crippen LogP contribution >= 0.6 is 0 Å². The highest BCUT2D eigenvalue weighted by Gasteiger charge is 2.19. The Morgan fingerprint density at radius 2 is 1.81 bits per heavy atom. The van der Waals surface area contributed by atoms with Crippen LogP contribution in [0.4, 0.5) is 5.69 Å². The third-order valence-corrected chi connectivity index (χ3v) is 3.00. The normalized spacial score (nSPS) is 11.5. The molecule has 2 N–H and O–H groups in total. The third kappa shape index (κ3) is 6.51. The SMILES string of the molecule is CCN(CC(=O)Nc1ccc(C(C)=O)cc1)CC(C)(C)O. The Hall–Kier alpha value is -1.72. The highest BCUT2D eigenvalue weighted by Crippen LogP contribution is 2.10. The Morgan fingerprint density at radius 1 is 1.24 bits per heavy atom. The van der Waals surface area contributed by atoms with Gasteiger partial charge in [0.25, 0.3) is 0 Å². The van der Waals surface area contributed by atoms with E-state index in [-0.39, 0.29) is 18.2 Å². The molecule has 116 valence electrons. The van der Waals surface area contributed by atoms with Crippen molar-refractivity contribution in [2.45, 2.75) is 33.3 Å². The molecule has 0 saturated heterocycles. The Bertz CT molecular complexity index is 489. The number of hydrogen-bond donors (Lipinski definition) is 2. The Labute approximate surface area is 126 Å². The van der Waals surface area contributed by atoms with Crippen molar-refractivity contribution >= 4 is 17.4 Å². The molecule has 5 heteroatoms. The Balaban J connectivity index is 2.58. The molecule has 0 spiro atoms. The first-order chi connectivity index (χ1) is 9.71. The van der Waals surface area contributed by atoms with Crippen LogP contribution in [0.3, 0.4) is 0 Å². The predicted octanol–water partition coefficient (Wildman–Crippen LogP) is 1.92. The summed E-state index contributed by atoms with van der Waals surface area (Å²) in [7, 11) is 0. The van der Waals surface area contributed by atoms with Gasteiger partial charge in [0.1, 0.15) is 0 Å². The summed E-state index contributed by atoms with van der Waals surface area (Å²) in [5, 5.41) is 12.6. The van der Waals surface area contributed by atoms with Crippen LogP contribution in [0.25, 0.3) is 0 Å². The number of amides is 1. The monoisotopic (exact) mass is 292 g/mol. The van der Waals surface area contributed by atoms with Crippen molar-refractivity contribution in [1.29, 1.82) is 0 Å². The number of anilines is 1. The van der Waals surface area contributed by atoms with Gasteiger partial charge in [0.05, 0.1) is 12.1 Å². The standard InChI is InChI=1S/C16H24N2O3/c1-5-18(11-16(3,4)21)10-15(20)17-14-8-6-13(7-9-14)12(2)19/h6-9,21H,5,10-11H2,1-4H3,(H,17,20). The summed E-state index contributed by atoms with van der Waals surface area (Å²) in [6, 6.07) is 6.79. The van der Waals surface area contributed by atoms with Gasteiger partial charge >= 0.3 is 0 Å². The summed E-state index contributed by atoms with van der Waals surface area (Å²) in [6.45, 7) is 8.21. The average Bonchev–Trinajstić information content (AvgIpc) is 2.36. The number of carbonyl (C=O) groups is 2. The van der Waals surface area contributed by atoms with Crippen molar-refractivity contribution in [2.75, 3.05) is 25.0 Å². The minimum Gasteiger partial charge on any atom is -0.389 e. The predicted molar refractivity (Wildman–Crippen MR) is 83.5 cm³/mol. The van der Waals surface area contributed by atoms with E-state index in [4.69, 9.17) is 0 Å². The van der Waals surface area contributed by atoms with Crippen molar-refractivity contribution in [3.05, 3.63) is 29.8 Å². The summed E-state index contributed by atoms with van der Waals surface area (Å²) in [5.74, 6) is -0.146. The van der Waals surface area contributed by atoms with E-state index in [0.717, 1.165) is 0 Å². The molecular weight excluding hydrogens is 268 g/mol. The number of rotatable bonds is 7. The van der Waals surface area contributed by atoms with Crippen molar-refractivity contribution in [3.63, 3.8) is 0 Å². The van der Waals surface area contributed by atoms with Gasteiger partial charge in [-0.1, -0.05) is 6.92 Å². The van der Waals surface area contributed by atoms with Crippen molar-refractivity contribution in [2.24, 2.45) is 0 Å². The minimum absolute atomic E-state index is 0.00443. The lowest BCUT2D eigenvalue weighted by atomic mass is 10.1. The van der Waals surface area contributed by atoms with E-state index in [1.807, 2.05) is 11.8 Å². The third-order valence-electron chi connectivity index (χ3n) is 3.00. The van der Waals surface area contributed by atoms with Crippen molar-refractivity contribution in [3.8, 4) is 0 Å².